The van der Waals surface area contributed by atoms with Gasteiger partial charge >= 0.3 is 11.9 Å². The number of rotatable bonds is 13. The molecule has 1 aliphatic carbocycles. The highest BCUT2D eigenvalue weighted by molar-refractivity contribution is 5.66. The topological polar surface area (TPSA) is 138 Å². The van der Waals surface area contributed by atoms with Gasteiger partial charge in [0.05, 0.1) is 0 Å². The van der Waals surface area contributed by atoms with Crippen molar-refractivity contribution in [3.8, 4) is 0 Å². The van der Waals surface area contributed by atoms with Gasteiger partial charge in [0.1, 0.15) is 6.10 Å². The third kappa shape index (κ3) is 36.6. The number of esters is 1. The summed E-state index contributed by atoms with van der Waals surface area (Å²) in [7, 11) is 0. The number of hydrogen-bond acceptors (Lipinski definition) is 5. The summed E-state index contributed by atoms with van der Waals surface area (Å²) in [5.74, 6) is -1.40. The van der Waals surface area contributed by atoms with Crippen LogP contribution in [0.5, 0.6) is 0 Å². The number of aliphatic carboxylic acids is 3. The van der Waals surface area contributed by atoms with E-state index in [9.17, 15) is 9.59 Å². The Morgan fingerprint density at radius 1 is 0.886 bits per heavy atom. The van der Waals surface area contributed by atoms with E-state index in [1.807, 2.05) is 0 Å². The number of carbonyl (C=O) groups is 4. The number of aryl methyl sites for hydroxylation is 1. The molecule has 1 aromatic rings. The Morgan fingerprint density at radius 2 is 1.45 bits per heavy atom. The van der Waals surface area contributed by atoms with E-state index in [1.54, 1.807) is 0 Å². The van der Waals surface area contributed by atoms with Crippen molar-refractivity contribution >= 4 is 23.9 Å². The summed E-state index contributed by atoms with van der Waals surface area (Å²) in [5.41, 5.74) is 1.44. The van der Waals surface area contributed by atoms with Crippen molar-refractivity contribution in [1.29, 1.82) is 0 Å². The molecule has 0 heterocycles. The first-order valence-electron chi connectivity index (χ1n) is 16.0. The molecule has 3 N–H and O–H groups in total. The number of ether oxygens (including phenoxy) is 1. The SMILES string of the molecule is CC(=O)O.CC(=O)O.CCC.CCC[C@@H](/C=C/C1CCC[C@@H]1C/C=C\CCCC(=O)O)OC(C)=O.CCCc1ccccc1. The van der Waals surface area contributed by atoms with Crippen LogP contribution in [0.1, 0.15) is 125 Å². The predicted octanol–water partition coefficient (Wildman–Crippen LogP) is 9.13. The van der Waals surface area contributed by atoms with E-state index in [1.165, 1.54) is 51.0 Å². The van der Waals surface area contributed by atoms with E-state index < -0.39 is 17.9 Å². The molecule has 0 aromatic heterocycles. The number of unbranched alkanes of at least 4 members (excludes halogenated alkanes) is 1. The Kier molecular flexibility index (Phi) is 33.2. The van der Waals surface area contributed by atoms with E-state index >= 15 is 0 Å². The molecule has 0 bridgehead atoms. The quantitative estimate of drug-likeness (QED) is 0.113. The van der Waals surface area contributed by atoms with Crippen molar-refractivity contribution < 1.29 is 39.2 Å². The Morgan fingerprint density at radius 3 is 1.93 bits per heavy atom. The van der Waals surface area contributed by atoms with Crippen molar-refractivity contribution in [2.24, 2.45) is 11.8 Å². The number of benzene rings is 1. The molecule has 0 saturated heterocycles. The first-order chi connectivity index (χ1) is 20.8. The summed E-state index contributed by atoms with van der Waals surface area (Å²) >= 11 is 0. The van der Waals surface area contributed by atoms with Gasteiger partial charge in [-0.2, -0.15) is 0 Å². The maximum atomic E-state index is 11.2. The fourth-order valence-electron chi connectivity index (χ4n) is 4.26. The molecule has 0 spiro atoms. The molecule has 252 valence electrons. The van der Waals surface area contributed by atoms with Crippen LogP contribution in [0.3, 0.4) is 0 Å². The number of allylic oxidation sites excluding steroid dienone is 3. The second-order valence-corrected chi connectivity index (χ2v) is 10.7. The maximum Gasteiger partial charge on any atom is 0.303 e. The first kappa shape index (κ1) is 45.0. The van der Waals surface area contributed by atoms with Crippen LogP contribution in [-0.4, -0.2) is 45.3 Å². The first-order valence-corrected chi connectivity index (χ1v) is 16.0. The molecule has 0 amide bonds. The smallest absolute Gasteiger partial charge is 0.303 e. The number of carboxylic acids is 3. The number of carbonyl (C=O) groups excluding carboxylic acids is 1. The van der Waals surface area contributed by atoms with Crippen LogP contribution in [0.4, 0.5) is 0 Å². The van der Waals surface area contributed by atoms with Gasteiger partial charge in [-0.25, -0.2) is 0 Å². The number of hydrogen-bond donors (Lipinski definition) is 3. The highest BCUT2D eigenvalue weighted by Gasteiger charge is 2.24. The standard InChI is InChI=1S/C20H32O4.C9H12.C3H8.2C2H4O2/c1-3-9-19(24-16(2)21)15-14-18-12-8-11-17(18)10-6-4-5-7-13-20(22)23;1-2-6-9-7-4-3-5-8-9;1-3-2;2*1-2(3)4/h4,6,14-15,17-19H,3,5,7-13H2,1-2H3,(H,22,23);3-5,7-8H,2,6H2,1H3;3H2,1-2H3;2*1H3,(H,3,4)/b6-4-,15-14+;;;;/t17-,18?,19-;;;;/m0..../s1. The molecule has 44 heavy (non-hydrogen) atoms. The lowest BCUT2D eigenvalue weighted by molar-refractivity contribution is -0.144. The molecular formula is C36H60O8. The zero-order chi connectivity index (χ0) is 34.2. The van der Waals surface area contributed by atoms with Gasteiger partial charge in [-0.1, -0.05) is 102 Å². The van der Waals surface area contributed by atoms with Gasteiger partial charge in [0.2, 0.25) is 0 Å². The molecule has 1 aromatic carbocycles. The van der Waals surface area contributed by atoms with Crippen molar-refractivity contribution in [3.05, 3.63) is 60.2 Å². The van der Waals surface area contributed by atoms with Gasteiger partial charge < -0.3 is 20.1 Å². The highest BCUT2D eigenvalue weighted by Crippen LogP contribution is 2.35. The van der Waals surface area contributed by atoms with Gasteiger partial charge in [0.25, 0.3) is 11.9 Å². The average Bonchev–Trinajstić information content (AvgIpc) is 3.37. The van der Waals surface area contributed by atoms with Crippen LogP contribution in [0.25, 0.3) is 0 Å². The Labute approximate surface area is 266 Å². The largest absolute Gasteiger partial charge is 0.481 e. The molecule has 1 aliphatic rings. The molecule has 8 nitrogen and oxygen atoms in total. The highest BCUT2D eigenvalue weighted by atomic mass is 16.5. The Balaban J connectivity index is -0.000000679. The Bertz CT molecular complexity index is 888. The van der Waals surface area contributed by atoms with E-state index in [2.05, 4.69) is 82.3 Å². The van der Waals surface area contributed by atoms with Crippen LogP contribution in [0.15, 0.2) is 54.6 Å². The fraction of sp³-hybridized carbons (Fsp3) is 0.611. The van der Waals surface area contributed by atoms with Crippen molar-refractivity contribution in [2.45, 2.75) is 132 Å². The zero-order valence-electron chi connectivity index (χ0n) is 28.3. The summed E-state index contributed by atoms with van der Waals surface area (Å²) in [6.07, 6.45) is 20.6. The van der Waals surface area contributed by atoms with Crippen LogP contribution in [-0.2, 0) is 30.3 Å². The van der Waals surface area contributed by atoms with Crippen molar-refractivity contribution in [1.82, 2.24) is 0 Å². The molecular weight excluding hydrogens is 560 g/mol. The molecule has 1 fully saturated rings. The summed E-state index contributed by atoms with van der Waals surface area (Å²) in [6.45, 7) is 12.2. The van der Waals surface area contributed by atoms with E-state index in [4.69, 9.17) is 29.6 Å². The zero-order valence-corrected chi connectivity index (χ0v) is 28.3. The minimum absolute atomic E-state index is 0.0969. The molecule has 3 atom stereocenters. The maximum absolute atomic E-state index is 11.2. The van der Waals surface area contributed by atoms with Gasteiger partial charge in [0.15, 0.2) is 0 Å². The third-order valence-electron chi connectivity index (χ3n) is 5.93. The normalized spacial score (nSPS) is 15.6. The van der Waals surface area contributed by atoms with Gasteiger partial charge in [-0.3, -0.25) is 19.2 Å². The lowest BCUT2D eigenvalue weighted by Gasteiger charge is -2.16. The predicted molar refractivity (Wildman–Crippen MR) is 179 cm³/mol. The monoisotopic (exact) mass is 620 g/mol. The van der Waals surface area contributed by atoms with Gasteiger partial charge in [-0.15, -0.1) is 0 Å². The molecule has 0 aliphatic heterocycles. The molecule has 2 rings (SSSR count). The average molecular weight is 621 g/mol. The lowest BCUT2D eigenvalue weighted by Crippen LogP contribution is -2.14. The summed E-state index contributed by atoms with van der Waals surface area (Å²) < 4.78 is 5.34. The minimum atomic E-state index is -0.833. The number of carboxylic acid groups (broad SMARTS) is 3. The second-order valence-electron chi connectivity index (χ2n) is 10.7. The van der Waals surface area contributed by atoms with Gasteiger partial charge in [0, 0.05) is 27.2 Å². The third-order valence-corrected chi connectivity index (χ3v) is 5.93. The fourth-order valence-corrected chi connectivity index (χ4v) is 4.26. The van der Waals surface area contributed by atoms with E-state index in [0.29, 0.717) is 18.3 Å². The van der Waals surface area contributed by atoms with Crippen molar-refractivity contribution in [3.63, 3.8) is 0 Å². The second kappa shape index (κ2) is 32.5. The summed E-state index contributed by atoms with van der Waals surface area (Å²) in [5, 5.41) is 23.4. The molecule has 1 unspecified atom stereocenters. The van der Waals surface area contributed by atoms with Crippen LogP contribution in [0, 0.1) is 11.8 Å². The van der Waals surface area contributed by atoms with Gasteiger partial charge in [-0.05, 0) is 68.4 Å². The lowest BCUT2D eigenvalue weighted by atomic mass is 9.91. The molecule has 1 saturated carbocycles. The molecule has 0 radical (unpaired) electrons. The minimum Gasteiger partial charge on any atom is -0.481 e. The van der Waals surface area contributed by atoms with Crippen molar-refractivity contribution in [2.75, 3.05) is 0 Å². The van der Waals surface area contributed by atoms with E-state index in [-0.39, 0.29) is 18.5 Å². The van der Waals surface area contributed by atoms with Crippen LogP contribution < -0.4 is 0 Å². The van der Waals surface area contributed by atoms with E-state index in [0.717, 1.165) is 39.5 Å². The molecule has 8 heteroatoms. The Hall–Kier alpha value is -3.42. The summed E-state index contributed by atoms with van der Waals surface area (Å²) in [4.78, 5) is 39.6. The summed E-state index contributed by atoms with van der Waals surface area (Å²) in [6, 6.07) is 10.6. The van der Waals surface area contributed by atoms with Crippen LogP contribution in [0.2, 0.25) is 0 Å². The van der Waals surface area contributed by atoms with Crippen LogP contribution >= 0.6 is 0 Å².